The summed E-state index contributed by atoms with van der Waals surface area (Å²) in [6.07, 6.45) is 1.88. The van der Waals surface area contributed by atoms with Crippen LogP contribution in [0.1, 0.15) is 5.56 Å². The molecule has 1 aromatic heterocycles. The fourth-order valence-corrected chi connectivity index (χ4v) is 4.57. The fraction of sp³-hybridized carbons (Fsp3) is 0.0625. The van der Waals surface area contributed by atoms with Crippen LogP contribution < -0.4 is 7.22 Å². The van der Waals surface area contributed by atoms with Crippen molar-refractivity contribution in [1.29, 1.82) is 0 Å². The normalized spacial score (nSPS) is 10.7. The van der Waals surface area contributed by atoms with Gasteiger partial charge in [0.25, 0.3) is 0 Å². The van der Waals surface area contributed by atoms with E-state index in [9.17, 15) is 0 Å². The van der Waals surface area contributed by atoms with Gasteiger partial charge in [0.05, 0.1) is 0 Å². The predicted molar refractivity (Wildman–Crippen MR) is 77.9 cm³/mol. The van der Waals surface area contributed by atoms with Crippen molar-refractivity contribution in [1.82, 2.24) is 4.98 Å². The molecular formula is C16H13NTe. The van der Waals surface area contributed by atoms with E-state index in [4.69, 9.17) is 0 Å². The van der Waals surface area contributed by atoms with Gasteiger partial charge >= 0.3 is 117 Å². The maximum atomic E-state index is 4.53. The van der Waals surface area contributed by atoms with Crippen molar-refractivity contribution >= 4 is 39.0 Å². The summed E-state index contributed by atoms with van der Waals surface area (Å²) in [4.78, 5) is 4.53. The predicted octanol–water partition coefficient (Wildman–Crippen LogP) is 2.20. The van der Waals surface area contributed by atoms with E-state index in [0.717, 1.165) is 0 Å². The maximum absolute atomic E-state index is 4.53. The summed E-state index contributed by atoms with van der Waals surface area (Å²) in [5.41, 5.74) is 2.49. The first-order valence-electron chi connectivity index (χ1n) is 5.91. The van der Waals surface area contributed by atoms with Gasteiger partial charge in [0.1, 0.15) is 0 Å². The molecule has 3 aromatic rings. The number of benzene rings is 2. The summed E-state index contributed by atoms with van der Waals surface area (Å²) < 4.78 is 2.88. The zero-order chi connectivity index (χ0) is 12.4. The number of fused-ring (bicyclic) bond motifs is 1. The van der Waals surface area contributed by atoms with Crippen LogP contribution in [-0.4, -0.2) is 25.9 Å². The van der Waals surface area contributed by atoms with Gasteiger partial charge in [-0.2, -0.15) is 0 Å². The Bertz CT molecular complexity index is 669. The Balaban J connectivity index is 2.02. The Kier molecular flexibility index (Phi) is 3.32. The molecule has 0 unspecified atom stereocenters. The van der Waals surface area contributed by atoms with Crippen molar-refractivity contribution in [2.24, 2.45) is 0 Å². The van der Waals surface area contributed by atoms with E-state index in [1.54, 1.807) is 0 Å². The average molecular weight is 347 g/mol. The molecule has 0 aliphatic heterocycles. The van der Waals surface area contributed by atoms with Gasteiger partial charge in [-0.05, 0) is 0 Å². The van der Waals surface area contributed by atoms with Crippen LogP contribution in [0.15, 0.2) is 60.8 Å². The van der Waals surface area contributed by atoms with Gasteiger partial charge in [-0.1, -0.05) is 0 Å². The van der Waals surface area contributed by atoms with Crippen LogP contribution >= 0.6 is 0 Å². The number of pyridine rings is 1. The van der Waals surface area contributed by atoms with E-state index in [0.29, 0.717) is 0 Å². The van der Waals surface area contributed by atoms with Crippen molar-refractivity contribution in [3.8, 4) is 0 Å². The first kappa shape index (κ1) is 11.7. The van der Waals surface area contributed by atoms with Crippen LogP contribution in [0.2, 0.25) is 0 Å². The van der Waals surface area contributed by atoms with Crippen LogP contribution in [0.25, 0.3) is 10.9 Å². The van der Waals surface area contributed by atoms with Crippen LogP contribution in [0.4, 0.5) is 0 Å². The minimum atomic E-state index is -0.347. The number of nitrogens with zero attached hydrogens (tertiary/aromatic N) is 1. The van der Waals surface area contributed by atoms with Crippen molar-refractivity contribution < 1.29 is 0 Å². The molecule has 0 spiro atoms. The van der Waals surface area contributed by atoms with Gasteiger partial charge in [0.15, 0.2) is 0 Å². The monoisotopic (exact) mass is 349 g/mol. The quantitative estimate of drug-likeness (QED) is 0.648. The van der Waals surface area contributed by atoms with Gasteiger partial charge in [0.2, 0.25) is 0 Å². The zero-order valence-electron chi connectivity index (χ0n) is 10.1. The van der Waals surface area contributed by atoms with Crippen LogP contribution in [-0.2, 0) is 0 Å². The van der Waals surface area contributed by atoms with Gasteiger partial charge in [-0.25, -0.2) is 0 Å². The van der Waals surface area contributed by atoms with Crippen molar-refractivity contribution in [2.75, 3.05) is 0 Å². The summed E-state index contributed by atoms with van der Waals surface area (Å²) in [6.45, 7) is 2.13. The second-order valence-corrected chi connectivity index (χ2v) is 7.43. The molecule has 0 saturated heterocycles. The summed E-state index contributed by atoms with van der Waals surface area (Å²) in [7, 11) is 0. The first-order chi connectivity index (χ1) is 8.83. The molecule has 2 heteroatoms. The summed E-state index contributed by atoms with van der Waals surface area (Å²) in [6, 6.07) is 19.5. The molecule has 88 valence electrons. The standard InChI is InChI=1S/C16H13NTe/c1-12-7-9-14(10-8-12)18-15-6-2-4-13-5-3-11-17-16(13)15/h2-11H,1H3. The molecule has 3 rings (SSSR count). The molecule has 0 aliphatic rings. The van der Waals surface area contributed by atoms with Crippen LogP contribution in [0.3, 0.4) is 0 Å². The molecule has 0 bridgehead atoms. The van der Waals surface area contributed by atoms with Crippen molar-refractivity contribution in [3.05, 3.63) is 66.4 Å². The van der Waals surface area contributed by atoms with Gasteiger partial charge in [-0.15, -0.1) is 0 Å². The number of hydrogen-bond donors (Lipinski definition) is 0. The molecule has 0 radical (unpaired) electrons. The first-order valence-corrected chi connectivity index (χ1v) is 8.24. The Hall–Kier alpha value is -1.36. The molecule has 1 nitrogen and oxygen atoms in total. The molecule has 0 N–H and O–H groups in total. The molecule has 0 aliphatic carbocycles. The Morgan fingerprint density at radius 2 is 1.67 bits per heavy atom. The second-order valence-electron chi connectivity index (χ2n) is 4.25. The SMILES string of the molecule is Cc1ccc([Te]c2cccc3cccnc23)cc1. The van der Waals surface area contributed by atoms with E-state index in [-0.39, 0.29) is 20.9 Å². The third-order valence-electron chi connectivity index (χ3n) is 2.84. The summed E-state index contributed by atoms with van der Waals surface area (Å²) in [5, 5.41) is 1.24. The molecule has 0 amide bonds. The summed E-state index contributed by atoms with van der Waals surface area (Å²) in [5.74, 6) is 0. The van der Waals surface area contributed by atoms with Crippen molar-refractivity contribution in [2.45, 2.75) is 6.92 Å². The number of aryl methyl sites for hydroxylation is 1. The topological polar surface area (TPSA) is 12.9 Å². The molecule has 2 aromatic carbocycles. The Morgan fingerprint density at radius 1 is 0.889 bits per heavy atom. The Labute approximate surface area is 117 Å². The van der Waals surface area contributed by atoms with E-state index in [2.05, 4.69) is 60.4 Å². The fourth-order valence-electron chi connectivity index (χ4n) is 1.89. The van der Waals surface area contributed by atoms with E-state index >= 15 is 0 Å². The number of aromatic nitrogens is 1. The number of rotatable bonds is 2. The van der Waals surface area contributed by atoms with Gasteiger partial charge in [-0.3, -0.25) is 0 Å². The van der Waals surface area contributed by atoms with Crippen LogP contribution in [0.5, 0.6) is 0 Å². The molecule has 1 heterocycles. The molecule has 18 heavy (non-hydrogen) atoms. The minimum absolute atomic E-state index is 0.347. The van der Waals surface area contributed by atoms with Gasteiger partial charge in [0, 0.05) is 0 Å². The van der Waals surface area contributed by atoms with E-state index < -0.39 is 0 Å². The van der Waals surface area contributed by atoms with Gasteiger partial charge < -0.3 is 0 Å². The third-order valence-corrected chi connectivity index (χ3v) is 5.86. The Morgan fingerprint density at radius 3 is 2.50 bits per heavy atom. The number of hydrogen-bond acceptors (Lipinski definition) is 1. The average Bonchev–Trinajstić information content (AvgIpc) is 2.42. The van der Waals surface area contributed by atoms with E-state index in [1.807, 2.05) is 12.3 Å². The molecular weight excluding hydrogens is 334 g/mol. The second kappa shape index (κ2) is 5.10. The van der Waals surface area contributed by atoms with E-state index in [1.165, 1.54) is 23.7 Å². The molecule has 0 atom stereocenters. The third kappa shape index (κ3) is 2.41. The molecule has 0 saturated carbocycles. The molecule has 0 fully saturated rings. The van der Waals surface area contributed by atoms with Crippen LogP contribution in [0, 0.1) is 6.92 Å². The zero-order valence-corrected chi connectivity index (χ0v) is 12.5. The number of para-hydroxylation sites is 1. The summed E-state index contributed by atoms with van der Waals surface area (Å²) >= 11 is -0.347. The van der Waals surface area contributed by atoms with Crippen molar-refractivity contribution in [3.63, 3.8) is 0 Å².